The molecular formula is C31H34N4O2. The highest BCUT2D eigenvalue weighted by molar-refractivity contribution is 5.92. The fraction of sp³-hybridized carbons (Fsp3) is 0.290. The Labute approximate surface area is 218 Å². The molecule has 1 aromatic heterocycles. The summed E-state index contributed by atoms with van der Waals surface area (Å²) < 4.78 is 7.89. The van der Waals surface area contributed by atoms with E-state index in [1.165, 1.54) is 16.7 Å². The van der Waals surface area contributed by atoms with Gasteiger partial charge >= 0.3 is 0 Å². The van der Waals surface area contributed by atoms with Crippen LogP contribution >= 0.6 is 0 Å². The molecule has 0 radical (unpaired) electrons. The number of aldehydes is 1. The third kappa shape index (κ3) is 5.75. The summed E-state index contributed by atoms with van der Waals surface area (Å²) in [7, 11) is 1.83. The summed E-state index contributed by atoms with van der Waals surface area (Å²) in [5.41, 5.74) is 6.07. The Morgan fingerprint density at radius 3 is 2.54 bits per heavy atom. The number of nitrogens with zero attached hydrogens (tertiary/aromatic N) is 2. The topological polar surface area (TPSA) is 68.2 Å². The van der Waals surface area contributed by atoms with Crippen molar-refractivity contribution < 1.29 is 9.53 Å². The molecule has 3 aromatic rings. The molecule has 2 aromatic carbocycles. The van der Waals surface area contributed by atoms with E-state index in [9.17, 15) is 4.79 Å². The van der Waals surface area contributed by atoms with Crippen LogP contribution in [0.15, 0.2) is 78.6 Å². The maximum atomic E-state index is 12.1. The van der Waals surface area contributed by atoms with Gasteiger partial charge in [0, 0.05) is 25.7 Å². The highest BCUT2D eigenvalue weighted by Gasteiger charge is 2.18. The predicted octanol–water partition coefficient (Wildman–Crippen LogP) is 5.88. The molecule has 0 saturated carbocycles. The average molecular weight is 495 g/mol. The largest absolute Gasteiger partial charge is 0.458 e. The summed E-state index contributed by atoms with van der Waals surface area (Å²) in [6.07, 6.45) is 12.3. The summed E-state index contributed by atoms with van der Waals surface area (Å²) in [5.74, 6) is 2.90. The van der Waals surface area contributed by atoms with Gasteiger partial charge in [-0.1, -0.05) is 43.3 Å². The number of allylic oxidation sites excluding steroid dienone is 3. The van der Waals surface area contributed by atoms with E-state index in [2.05, 4.69) is 60.1 Å². The van der Waals surface area contributed by atoms with Crippen LogP contribution in [0.2, 0.25) is 0 Å². The van der Waals surface area contributed by atoms with Gasteiger partial charge in [0.1, 0.15) is 23.0 Å². The highest BCUT2D eigenvalue weighted by atomic mass is 16.5. The molecule has 2 aliphatic rings. The first-order chi connectivity index (χ1) is 18.1. The van der Waals surface area contributed by atoms with Gasteiger partial charge < -0.3 is 15.4 Å². The predicted molar refractivity (Wildman–Crippen MR) is 150 cm³/mol. The number of ether oxygens (including phenoxy) is 1. The van der Waals surface area contributed by atoms with Crippen LogP contribution in [0.3, 0.4) is 0 Å². The number of anilines is 1. The number of hydrogen-bond donors (Lipinski definition) is 2. The zero-order valence-corrected chi connectivity index (χ0v) is 21.5. The highest BCUT2D eigenvalue weighted by Crippen LogP contribution is 2.30. The van der Waals surface area contributed by atoms with Crippen LogP contribution in [-0.4, -0.2) is 36.2 Å². The van der Waals surface area contributed by atoms with Crippen molar-refractivity contribution in [2.24, 2.45) is 5.92 Å². The van der Waals surface area contributed by atoms with Crippen molar-refractivity contribution in [3.8, 4) is 17.0 Å². The SMILES string of the molecule is CNc1c(C=O)c(-c2ccc(OC3=CCC(C)C=C3)cc2)nn1CCc1ccc(C2=CCNCC2)cc1. The molecule has 0 fully saturated rings. The Kier molecular flexibility index (Phi) is 7.66. The van der Waals surface area contributed by atoms with Gasteiger partial charge in [-0.25, -0.2) is 4.68 Å². The van der Waals surface area contributed by atoms with Gasteiger partial charge in [0.25, 0.3) is 0 Å². The second-order valence-corrected chi connectivity index (χ2v) is 9.64. The molecule has 190 valence electrons. The smallest absolute Gasteiger partial charge is 0.156 e. The van der Waals surface area contributed by atoms with E-state index in [0.29, 0.717) is 23.7 Å². The molecule has 2 N–H and O–H groups in total. The van der Waals surface area contributed by atoms with Crippen molar-refractivity contribution in [3.05, 3.63) is 95.3 Å². The number of carbonyl (C=O) groups excluding carboxylic acids is 1. The first kappa shape index (κ1) is 24.8. The maximum absolute atomic E-state index is 12.1. The van der Waals surface area contributed by atoms with Gasteiger partial charge in [0.15, 0.2) is 6.29 Å². The van der Waals surface area contributed by atoms with Crippen LogP contribution < -0.4 is 15.4 Å². The van der Waals surface area contributed by atoms with Crippen LogP contribution in [0.1, 0.15) is 41.3 Å². The van der Waals surface area contributed by atoms with Crippen molar-refractivity contribution in [1.29, 1.82) is 0 Å². The lowest BCUT2D eigenvalue weighted by molar-refractivity contribution is 0.112. The Hall–Kier alpha value is -3.90. The van der Waals surface area contributed by atoms with E-state index in [-0.39, 0.29) is 0 Å². The van der Waals surface area contributed by atoms with Crippen molar-refractivity contribution in [3.63, 3.8) is 0 Å². The number of benzene rings is 2. The normalized spacial score (nSPS) is 17.2. The monoisotopic (exact) mass is 494 g/mol. The number of hydrogen-bond acceptors (Lipinski definition) is 5. The molecule has 1 aliphatic carbocycles. The van der Waals surface area contributed by atoms with Gasteiger partial charge in [-0.05, 0) is 84.8 Å². The molecule has 1 atom stereocenters. The van der Waals surface area contributed by atoms with Crippen LogP contribution in [-0.2, 0) is 13.0 Å². The first-order valence-electron chi connectivity index (χ1n) is 13.0. The zero-order valence-electron chi connectivity index (χ0n) is 21.5. The lowest BCUT2D eigenvalue weighted by Crippen LogP contribution is -2.19. The number of aromatic nitrogens is 2. The fourth-order valence-corrected chi connectivity index (χ4v) is 4.83. The van der Waals surface area contributed by atoms with Crippen molar-refractivity contribution in [2.75, 3.05) is 25.5 Å². The van der Waals surface area contributed by atoms with Crippen molar-refractivity contribution in [2.45, 2.75) is 32.7 Å². The standard InChI is InChI=1S/C31H34N4O2/c1-22-3-11-27(12-4-22)37-28-13-9-26(10-14-28)30-29(21-36)31(32-2)35(34-30)20-17-23-5-7-24(8-6-23)25-15-18-33-19-16-25/h3,5-15,21-22,32-33H,4,16-20H2,1-2H3. The first-order valence-corrected chi connectivity index (χ1v) is 13.0. The number of aryl methyl sites for hydroxylation is 2. The van der Waals surface area contributed by atoms with Crippen LogP contribution in [0.5, 0.6) is 5.75 Å². The summed E-state index contributed by atoms with van der Waals surface area (Å²) in [4.78, 5) is 12.1. The Morgan fingerprint density at radius 1 is 1.11 bits per heavy atom. The Bertz CT molecular complexity index is 1330. The molecule has 6 heteroatoms. The van der Waals surface area contributed by atoms with Crippen LogP contribution in [0.4, 0.5) is 5.82 Å². The minimum atomic E-state index is 0.546. The van der Waals surface area contributed by atoms with E-state index >= 15 is 0 Å². The molecule has 0 amide bonds. The minimum absolute atomic E-state index is 0.546. The second-order valence-electron chi connectivity index (χ2n) is 9.64. The van der Waals surface area contributed by atoms with Gasteiger partial charge in [-0.3, -0.25) is 4.79 Å². The van der Waals surface area contributed by atoms with Crippen molar-refractivity contribution >= 4 is 17.7 Å². The third-order valence-corrected chi connectivity index (χ3v) is 6.99. The maximum Gasteiger partial charge on any atom is 0.156 e. The summed E-state index contributed by atoms with van der Waals surface area (Å²) in [5, 5.41) is 11.4. The molecule has 2 heterocycles. The fourth-order valence-electron chi connectivity index (χ4n) is 4.83. The van der Waals surface area contributed by atoms with E-state index in [0.717, 1.165) is 61.5 Å². The molecule has 1 unspecified atom stereocenters. The molecule has 0 bridgehead atoms. The van der Waals surface area contributed by atoms with Gasteiger partial charge in [0.2, 0.25) is 0 Å². The molecule has 5 rings (SSSR count). The molecule has 0 saturated heterocycles. The third-order valence-electron chi connectivity index (χ3n) is 6.99. The van der Waals surface area contributed by atoms with Crippen LogP contribution in [0.25, 0.3) is 16.8 Å². The van der Waals surface area contributed by atoms with Gasteiger partial charge in [-0.15, -0.1) is 0 Å². The average Bonchev–Trinajstić information content (AvgIpc) is 3.32. The Morgan fingerprint density at radius 2 is 1.89 bits per heavy atom. The van der Waals surface area contributed by atoms with E-state index in [1.54, 1.807) is 0 Å². The molecule has 1 aliphatic heterocycles. The van der Waals surface area contributed by atoms with E-state index < -0.39 is 0 Å². The van der Waals surface area contributed by atoms with E-state index in [1.807, 2.05) is 42.1 Å². The number of rotatable bonds is 9. The summed E-state index contributed by atoms with van der Waals surface area (Å²) >= 11 is 0. The van der Waals surface area contributed by atoms with E-state index in [4.69, 9.17) is 9.84 Å². The number of carbonyl (C=O) groups is 1. The quantitative estimate of drug-likeness (QED) is 0.364. The van der Waals surface area contributed by atoms with Crippen molar-refractivity contribution in [1.82, 2.24) is 15.1 Å². The molecule has 6 nitrogen and oxygen atoms in total. The number of nitrogens with one attached hydrogen (secondary N) is 2. The second kappa shape index (κ2) is 11.4. The van der Waals surface area contributed by atoms with Gasteiger partial charge in [0.05, 0.1) is 5.56 Å². The lowest BCUT2D eigenvalue weighted by atomic mass is 9.98. The summed E-state index contributed by atoms with van der Waals surface area (Å²) in [6.45, 7) is 4.83. The Balaban J connectivity index is 1.30. The molecule has 37 heavy (non-hydrogen) atoms. The zero-order chi connectivity index (χ0) is 25.6. The molecule has 0 spiro atoms. The summed E-state index contributed by atoms with van der Waals surface area (Å²) in [6, 6.07) is 16.6. The molecular weight excluding hydrogens is 460 g/mol. The minimum Gasteiger partial charge on any atom is -0.458 e. The van der Waals surface area contributed by atoms with Crippen LogP contribution in [0, 0.1) is 5.92 Å². The van der Waals surface area contributed by atoms with Gasteiger partial charge in [-0.2, -0.15) is 5.10 Å². The lowest BCUT2D eigenvalue weighted by Gasteiger charge is -2.14.